The molecule has 0 aromatic rings. The van der Waals surface area contributed by atoms with Crippen molar-refractivity contribution < 1.29 is 14.6 Å². The first-order chi connectivity index (χ1) is 9.82. The summed E-state index contributed by atoms with van der Waals surface area (Å²) in [5, 5.41) is 13.1. The van der Waals surface area contributed by atoms with Crippen molar-refractivity contribution in [1.82, 2.24) is 10.2 Å². The van der Waals surface area contributed by atoms with Crippen LogP contribution in [0.3, 0.4) is 0 Å². The van der Waals surface area contributed by atoms with E-state index < -0.39 is 11.5 Å². The van der Waals surface area contributed by atoms with Crippen molar-refractivity contribution in [3.8, 4) is 0 Å². The van der Waals surface area contributed by atoms with Gasteiger partial charge in [0, 0.05) is 25.2 Å². The maximum atomic E-state index is 11.9. The predicted molar refractivity (Wildman–Crippen MR) is 82.5 cm³/mol. The number of nitrogens with one attached hydrogen (secondary N) is 1. The summed E-state index contributed by atoms with van der Waals surface area (Å²) in [6.45, 7) is 10.1. The zero-order valence-electron chi connectivity index (χ0n) is 13.8. The van der Waals surface area contributed by atoms with Gasteiger partial charge in [0.05, 0.1) is 12.2 Å². The largest absolute Gasteiger partial charge is 0.480 e. The first-order valence-electron chi connectivity index (χ1n) is 8.23. The lowest BCUT2D eigenvalue weighted by atomic mass is 9.77. The lowest BCUT2D eigenvalue weighted by Crippen LogP contribution is -2.61. The fourth-order valence-electron chi connectivity index (χ4n) is 4.01. The van der Waals surface area contributed by atoms with Gasteiger partial charge in [-0.3, -0.25) is 15.0 Å². The lowest BCUT2D eigenvalue weighted by Gasteiger charge is -2.46. The van der Waals surface area contributed by atoms with Crippen LogP contribution in [0.1, 0.15) is 53.4 Å². The molecule has 4 atom stereocenters. The number of aliphatic carboxylic acids is 1. The quantitative estimate of drug-likeness (QED) is 0.829. The predicted octanol–water partition coefficient (Wildman–Crippen LogP) is 1.86. The molecule has 2 fully saturated rings. The molecular formula is C16H30N2O3. The average Bonchev–Trinajstić information content (AvgIpc) is 2.36. The highest BCUT2D eigenvalue weighted by Crippen LogP contribution is 2.33. The van der Waals surface area contributed by atoms with Gasteiger partial charge in [-0.2, -0.15) is 0 Å². The number of rotatable bonds is 4. The topological polar surface area (TPSA) is 61.8 Å². The molecule has 1 heterocycles. The van der Waals surface area contributed by atoms with Crippen LogP contribution < -0.4 is 5.32 Å². The van der Waals surface area contributed by atoms with E-state index in [0.29, 0.717) is 12.5 Å². The van der Waals surface area contributed by atoms with Crippen molar-refractivity contribution in [2.45, 2.75) is 83.2 Å². The van der Waals surface area contributed by atoms with Crippen LogP contribution in [-0.2, 0) is 9.53 Å². The molecule has 0 spiro atoms. The van der Waals surface area contributed by atoms with E-state index in [0.717, 1.165) is 32.4 Å². The normalized spacial score (nSPS) is 38.6. The van der Waals surface area contributed by atoms with Crippen LogP contribution in [0.15, 0.2) is 0 Å². The maximum Gasteiger partial charge on any atom is 0.323 e. The number of carboxylic acid groups (broad SMARTS) is 1. The summed E-state index contributed by atoms with van der Waals surface area (Å²) in [5.74, 6) is -0.699. The van der Waals surface area contributed by atoms with Crippen molar-refractivity contribution >= 4 is 5.97 Å². The Kier molecular flexibility index (Phi) is 5.28. The van der Waals surface area contributed by atoms with Crippen LogP contribution in [0, 0.1) is 0 Å². The van der Waals surface area contributed by atoms with Gasteiger partial charge in [0.2, 0.25) is 0 Å². The second-order valence-electron chi connectivity index (χ2n) is 7.15. The molecule has 2 rings (SSSR count). The highest BCUT2D eigenvalue weighted by molar-refractivity contribution is 5.79. The van der Waals surface area contributed by atoms with Crippen molar-refractivity contribution in [2.75, 3.05) is 13.1 Å². The summed E-state index contributed by atoms with van der Waals surface area (Å²) >= 11 is 0. The van der Waals surface area contributed by atoms with Gasteiger partial charge in [0.25, 0.3) is 0 Å². The van der Waals surface area contributed by atoms with Gasteiger partial charge in [-0.1, -0.05) is 0 Å². The van der Waals surface area contributed by atoms with Crippen LogP contribution in [0.2, 0.25) is 0 Å². The highest BCUT2D eigenvalue weighted by Gasteiger charge is 2.45. The van der Waals surface area contributed by atoms with E-state index in [9.17, 15) is 9.90 Å². The molecule has 0 aromatic heterocycles. The molecule has 0 radical (unpaired) electrons. The van der Waals surface area contributed by atoms with Gasteiger partial charge in [-0.15, -0.1) is 0 Å². The molecule has 1 aliphatic carbocycles. The Morgan fingerprint density at radius 1 is 1.33 bits per heavy atom. The summed E-state index contributed by atoms with van der Waals surface area (Å²) in [4.78, 5) is 14.3. The molecule has 2 aliphatic rings. The molecule has 0 bridgehead atoms. The van der Waals surface area contributed by atoms with Crippen molar-refractivity contribution in [2.24, 2.45) is 0 Å². The highest BCUT2D eigenvalue weighted by atomic mass is 16.5. The smallest absolute Gasteiger partial charge is 0.323 e. The van der Waals surface area contributed by atoms with E-state index in [1.165, 1.54) is 0 Å². The second kappa shape index (κ2) is 6.63. The van der Waals surface area contributed by atoms with E-state index in [1.807, 2.05) is 13.8 Å². The summed E-state index contributed by atoms with van der Waals surface area (Å²) in [5.41, 5.74) is -0.762. The van der Waals surface area contributed by atoms with Gasteiger partial charge < -0.3 is 9.84 Å². The Morgan fingerprint density at radius 2 is 1.95 bits per heavy atom. The first-order valence-corrected chi connectivity index (χ1v) is 8.23. The van der Waals surface area contributed by atoms with E-state index in [-0.39, 0.29) is 18.2 Å². The van der Waals surface area contributed by atoms with E-state index in [2.05, 4.69) is 24.1 Å². The van der Waals surface area contributed by atoms with E-state index in [4.69, 9.17) is 4.74 Å². The zero-order chi connectivity index (χ0) is 15.6. The number of carbonyl (C=O) groups is 1. The molecule has 1 saturated heterocycles. The number of morpholine rings is 1. The minimum Gasteiger partial charge on any atom is -0.480 e. The van der Waals surface area contributed by atoms with Crippen LogP contribution in [0.4, 0.5) is 0 Å². The minimum atomic E-state index is -0.762. The molecule has 5 nitrogen and oxygen atoms in total. The molecule has 122 valence electrons. The van der Waals surface area contributed by atoms with Crippen LogP contribution in [0.5, 0.6) is 0 Å². The summed E-state index contributed by atoms with van der Waals surface area (Å²) in [6.07, 6.45) is 3.94. The van der Waals surface area contributed by atoms with E-state index in [1.54, 1.807) is 0 Å². The number of hydrogen-bond acceptors (Lipinski definition) is 4. The van der Waals surface area contributed by atoms with Gasteiger partial charge in [-0.05, 0) is 53.4 Å². The van der Waals surface area contributed by atoms with Crippen molar-refractivity contribution in [3.63, 3.8) is 0 Å². The molecule has 2 unspecified atom stereocenters. The summed E-state index contributed by atoms with van der Waals surface area (Å²) < 4.78 is 5.80. The minimum absolute atomic E-state index is 0.183. The molecule has 2 N–H and O–H groups in total. The Balaban J connectivity index is 2.09. The van der Waals surface area contributed by atoms with Crippen LogP contribution >= 0.6 is 0 Å². The first kappa shape index (κ1) is 16.7. The number of hydrogen-bond donors (Lipinski definition) is 2. The third-order valence-electron chi connectivity index (χ3n) is 4.66. The fraction of sp³-hybridized carbons (Fsp3) is 0.938. The second-order valence-corrected chi connectivity index (χ2v) is 7.15. The van der Waals surface area contributed by atoms with Gasteiger partial charge >= 0.3 is 5.97 Å². The SMILES string of the molecule is CC(C)NC1(C(=O)O)CCCC(N2C[C@@H](C)O[C@@H](C)C2)C1. The third-order valence-corrected chi connectivity index (χ3v) is 4.66. The lowest BCUT2D eigenvalue weighted by molar-refractivity contribution is -0.149. The molecule has 1 saturated carbocycles. The number of nitrogens with zero attached hydrogens (tertiary/aromatic N) is 1. The number of ether oxygens (including phenoxy) is 1. The molecule has 21 heavy (non-hydrogen) atoms. The van der Waals surface area contributed by atoms with E-state index >= 15 is 0 Å². The van der Waals surface area contributed by atoms with Gasteiger partial charge in [0.15, 0.2) is 0 Å². The zero-order valence-corrected chi connectivity index (χ0v) is 13.8. The molecule has 0 aromatic carbocycles. The average molecular weight is 298 g/mol. The maximum absolute atomic E-state index is 11.9. The standard InChI is InChI=1S/C16H30N2O3/c1-11(2)17-16(15(19)20)7-5-6-14(8-16)18-9-12(3)21-13(4)10-18/h11-14,17H,5-10H2,1-4H3,(H,19,20)/t12-,13+,14?,16?. The Labute approximate surface area is 128 Å². The Morgan fingerprint density at radius 3 is 2.48 bits per heavy atom. The molecular weight excluding hydrogens is 268 g/mol. The monoisotopic (exact) mass is 298 g/mol. The Hall–Kier alpha value is -0.650. The third kappa shape index (κ3) is 3.96. The van der Waals surface area contributed by atoms with Crippen molar-refractivity contribution in [1.29, 1.82) is 0 Å². The summed E-state index contributed by atoms with van der Waals surface area (Å²) in [7, 11) is 0. The van der Waals surface area contributed by atoms with Gasteiger partial charge in [0.1, 0.15) is 5.54 Å². The molecule has 5 heteroatoms. The van der Waals surface area contributed by atoms with Crippen molar-refractivity contribution in [3.05, 3.63) is 0 Å². The van der Waals surface area contributed by atoms with Crippen LogP contribution in [0.25, 0.3) is 0 Å². The molecule has 1 aliphatic heterocycles. The summed E-state index contributed by atoms with van der Waals surface area (Å²) in [6, 6.07) is 0.525. The molecule has 0 amide bonds. The van der Waals surface area contributed by atoms with Gasteiger partial charge in [-0.25, -0.2) is 0 Å². The number of carboxylic acids is 1. The van der Waals surface area contributed by atoms with Crippen LogP contribution in [-0.4, -0.2) is 58.9 Å². The fourth-order valence-corrected chi connectivity index (χ4v) is 4.01. The Bertz CT molecular complexity index is 365.